The van der Waals surface area contributed by atoms with E-state index in [1.165, 1.54) is 13.8 Å². The van der Waals surface area contributed by atoms with Crippen LogP contribution in [0.1, 0.15) is 13.8 Å². The van der Waals surface area contributed by atoms with Gasteiger partial charge in [-0.2, -0.15) is 0 Å². The maximum Gasteiger partial charge on any atom is 0.288 e. The number of nitro groups is 1. The molecule has 0 aliphatic rings. The number of rotatable bonds is 3. The molecule has 88 valence electrons. The summed E-state index contributed by atoms with van der Waals surface area (Å²) in [6.45, 7) is 3.00. The summed E-state index contributed by atoms with van der Waals surface area (Å²) >= 11 is 2.97. The largest absolute Gasteiger partial charge is 0.288 e. The summed E-state index contributed by atoms with van der Waals surface area (Å²) in [4.78, 5) is 13.3. The molecule has 0 saturated heterocycles. The molecule has 1 heterocycles. The Hall–Kier alpha value is -1.02. The van der Waals surface area contributed by atoms with Gasteiger partial charge in [0, 0.05) is 6.07 Å². The van der Waals surface area contributed by atoms with Crippen molar-refractivity contribution < 1.29 is 13.3 Å². The molecule has 8 heteroatoms. The van der Waals surface area contributed by atoms with Crippen molar-refractivity contribution in [3.8, 4) is 0 Å². The molecule has 0 saturated carbocycles. The van der Waals surface area contributed by atoms with Gasteiger partial charge < -0.3 is 0 Å². The molecule has 0 amide bonds. The monoisotopic (exact) mass is 308 g/mol. The van der Waals surface area contributed by atoms with Gasteiger partial charge in [0.15, 0.2) is 9.84 Å². The van der Waals surface area contributed by atoms with Crippen molar-refractivity contribution in [1.29, 1.82) is 0 Å². The van der Waals surface area contributed by atoms with Crippen molar-refractivity contribution in [2.45, 2.75) is 24.0 Å². The van der Waals surface area contributed by atoms with E-state index in [-0.39, 0.29) is 15.2 Å². The molecule has 0 radical (unpaired) electrons. The quantitative estimate of drug-likeness (QED) is 0.483. The highest BCUT2D eigenvalue weighted by Crippen LogP contribution is 2.26. The summed E-state index contributed by atoms with van der Waals surface area (Å²) in [6, 6.07) is 1.01. The molecule has 0 aliphatic heterocycles. The normalized spacial score (nSPS) is 11.8. The number of halogens is 1. The van der Waals surface area contributed by atoms with Crippen LogP contribution in [0.5, 0.6) is 0 Å². The number of hydrogen-bond acceptors (Lipinski definition) is 5. The molecule has 0 fully saturated rings. The molecule has 1 aromatic heterocycles. The van der Waals surface area contributed by atoms with Gasteiger partial charge in [-0.3, -0.25) is 10.1 Å². The maximum atomic E-state index is 11.8. The highest BCUT2D eigenvalue weighted by atomic mass is 79.9. The number of nitrogens with zero attached hydrogens (tertiary/aromatic N) is 2. The lowest BCUT2D eigenvalue weighted by atomic mass is 10.4. The first-order valence-corrected chi connectivity index (χ1v) is 6.64. The van der Waals surface area contributed by atoms with Crippen LogP contribution >= 0.6 is 15.9 Å². The first-order chi connectivity index (χ1) is 7.26. The third-order valence-corrected chi connectivity index (χ3v) is 4.99. The first-order valence-electron chi connectivity index (χ1n) is 4.30. The van der Waals surface area contributed by atoms with E-state index in [1.54, 1.807) is 0 Å². The van der Waals surface area contributed by atoms with E-state index in [4.69, 9.17) is 0 Å². The van der Waals surface area contributed by atoms with Gasteiger partial charge in [0.2, 0.25) is 0 Å². The van der Waals surface area contributed by atoms with Gasteiger partial charge in [-0.05, 0) is 29.8 Å². The fourth-order valence-corrected chi connectivity index (χ4v) is 2.94. The van der Waals surface area contributed by atoms with Crippen LogP contribution in [0.25, 0.3) is 0 Å². The molecular formula is C8H9BrN2O4S. The van der Waals surface area contributed by atoms with Gasteiger partial charge in [-0.1, -0.05) is 0 Å². The Kier molecular flexibility index (Phi) is 3.64. The van der Waals surface area contributed by atoms with Gasteiger partial charge in [0.05, 0.1) is 10.2 Å². The van der Waals surface area contributed by atoms with Crippen LogP contribution in [0.2, 0.25) is 0 Å². The summed E-state index contributed by atoms with van der Waals surface area (Å²) in [5.41, 5.74) is -0.345. The van der Waals surface area contributed by atoms with Crippen molar-refractivity contribution >= 4 is 31.5 Å². The minimum atomic E-state index is -3.58. The average molecular weight is 309 g/mol. The molecule has 0 spiro atoms. The second-order valence-corrected chi connectivity index (χ2v) is 6.56. The smallest absolute Gasteiger partial charge is 0.258 e. The Bertz CT molecular complexity index is 527. The lowest BCUT2D eigenvalue weighted by molar-refractivity contribution is -0.385. The van der Waals surface area contributed by atoms with Crippen LogP contribution in [-0.2, 0) is 9.84 Å². The summed E-state index contributed by atoms with van der Waals surface area (Å²) < 4.78 is 23.8. The molecule has 0 aliphatic carbocycles. The van der Waals surface area contributed by atoms with Crippen molar-refractivity contribution in [3.63, 3.8) is 0 Å². The van der Waals surface area contributed by atoms with E-state index in [0.29, 0.717) is 0 Å². The molecule has 0 N–H and O–H groups in total. The van der Waals surface area contributed by atoms with Gasteiger partial charge in [-0.15, -0.1) is 0 Å². The van der Waals surface area contributed by atoms with Crippen molar-refractivity contribution in [3.05, 3.63) is 27.0 Å². The standard InChI is InChI=1S/C8H9BrN2O4S/c1-5(2)16(14,15)7-3-6(11(12)13)4-10-8(7)9/h3-5H,1-2H3. The lowest BCUT2D eigenvalue weighted by Gasteiger charge is -2.08. The molecule has 16 heavy (non-hydrogen) atoms. The van der Waals surface area contributed by atoms with Crippen LogP contribution in [0, 0.1) is 10.1 Å². The topological polar surface area (TPSA) is 90.2 Å². The van der Waals surface area contributed by atoms with E-state index in [9.17, 15) is 18.5 Å². The van der Waals surface area contributed by atoms with Crippen molar-refractivity contribution in [2.24, 2.45) is 0 Å². The van der Waals surface area contributed by atoms with Crippen LogP contribution in [-0.4, -0.2) is 23.6 Å². The zero-order valence-electron chi connectivity index (χ0n) is 8.55. The summed E-state index contributed by atoms with van der Waals surface area (Å²) in [5.74, 6) is 0. The van der Waals surface area contributed by atoms with Gasteiger partial charge in [0.25, 0.3) is 5.69 Å². The Balaban J connectivity index is 3.45. The van der Waals surface area contributed by atoms with Crippen molar-refractivity contribution in [1.82, 2.24) is 4.98 Å². The second-order valence-electron chi connectivity index (χ2n) is 3.33. The molecule has 1 aromatic rings. The minimum Gasteiger partial charge on any atom is -0.258 e. The Labute approximate surface area is 101 Å². The summed E-state index contributed by atoms with van der Waals surface area (Å²) in [7, 11) is -3.58. The molecular weight excluding hydrogens is 300 g/mol. The van der Waals surface area contributed by atoms with E-state index in [0.717, 1.165) is 12.3 Å². The number of pyridine rings is 1. The number of hydrogen-bond donors (Lipinski definition) is 0. The van der Waals surface area contributed by atoms with Crippen LogP contribution in [0.4, 0.5) is 5.69 Å². The van der Waals surface area contributed by atoms with Gasteiger partial charge >= 0.3 is 0 Å². The SMILES string of the molecule is CC(C)S(=O)(=O)c1cc([N+](=O)[O-])cnc1Br. The molecule has 6 nitrogen and oxygen atoms in total. The van der Waals surface area contributed by atoms with E-state index >= 15 is 0 Å². The third kappa shape index (κ3) is 2.38. The Morgan fingerprint density at radius 2 is 2.06 bits per heavy atom. The van der Waals surface area contributed by atoms with Crippen LogP contribution in [0.15, 0.2) is 21.8 Å². The van der Waals surface area contributed by atoms with Gasteiger partial charge in [-0.25, -0.2) is 13.4 Å². The highest BCUT2D eigenvalue weighted by Gasteiger charge is 2.25. The third-order valence-electron chi connectivity index (χ3n) is 1.93. The first kappa shape index (κ1) is 13.0. The summed E-state index contributed by atoms with van der Waals surface area (Å²) in [6.07, 6.45) is 1.00. The minimum absolute atomic E-state index is 0.0896. The fourth-order valence-electron chi connectivity index (χ4n) is 0.971. The molecule has 0 aromatic carbocycles. The highest BCUT2D eigenvalue weighted by molar-refractivity contribution is 9.10. The zero-order chi connectivity index (χ0) is 12.5. The maximum absolute atomic E-state index is 11.8. The van der Waals surface area contributed by atoms with Crippen molar-refractivity contribution in [2.75, 3.05) is 0 Å². The second kappa shape index (κ2) is 4.46. The predicted octanol–water partition coefficient (Wildman–Crippen LogP) is 1.93. The van der Waals surface area contributed by atoms with E-state index in [2.05, 4.69) is 20.9 Å². The lowest BCUT2D eigenvalue weighted by Crippen LogP contribution is -2.15. The number of aromatic nitrogens is 1. The van der Waals surface area contributed by atoms with Gasteiger partial charge in [0.1, 0.15) is 15.7 Å². The zero-order valence-corrected chi connectivity index (χ0v) is 10.9. The van der Waals surface area contributed by atoms with Crippen LogP contribution < -0.4 is 0 Å². The number of sulfone groups is 1. The average Bonchev–Trinajstić information content (AvgIpc) is 2.17. The predicted molar refractivity (Wildman–Crippen MR) is 60.9 cm³/mol. The Morgan fingerprint density at radius 1 is 1.50 bits per heavy atom. The van der Waals surface area contributed by atoms with Crippen LogP contribution in [0.3, 0.4) is 0 Å². The van der Waals surface area contributed by atoms with E-state index < -0.39 is 20.0 Å². The summed E-state index contributed by atoms with van der Waals surface area (Å²) in [5, 5.41) is 9.86. The molecule has 0 atom stereocenters. The molecule has 0 bridgehead atoms. The van der Waals surface area contributed by atoms with E-state index in [1.807, 2.05) is 0 Å². The Morgan fingerprint density at radius 3 is 2.50 bits per heavy atom. The fraction of sp³-hybridized carbons (Fsp3) is 0.375. The molecule has 0 unspecified atom stereocenters. The molecule has 1 rings (SSSR count).